The lowest BCUT2D eigenvalue weighted by atomic mass is 9.97. The Balaban J connectivity index is 1.25. The highest BCUT2D eigenvalue weighted by Crippen LogP contribution is 2.43. The maximum atomic E-state index is 14.8. The summed E-state index contributed by atoms with van der Waals surface area (Å²) in [4.78, 5) is 14.6. The Hall–Kier alpha value is -1.87. The molecule has 0 atom stereocenters. The zero-order valence-electron chi connectivity index (χ0n) is 17.7. The second kappa shape index (κ2) is 8.73. The van der Waals surface area contributed by atoms with Crippen LogP contribution in [0.15, 0.2) is 30.3 Å². The van der Waals surface area contributed by atoms with Crippen molar-refractivity contribution in [2.75, 3.05) is 13.1 Å². The Kier molecular flexibility index (Phi) is 6.05. The minimum absolute atomic E-state index is 0.0218. The van der Waals surface area contributed by atoms with E-state index in [-0.39, 0.29) is 17.6 Å². The molecule has 5 rings (SSSR count). The van der Waals surface area contributed by atoms with Gasteiger partial charge < -0.3 is 4.74 Å². The summed E-state index contributed by atoms with van der Waals surface area (Å²) in [5, 5.41) is 0.468. The van der Waals surface area contributed by atoms with Crippen LogP contribution < -0.4 is 9.46 Å². The number of hydrogen-bond acceptors (Lipinski definition) is 5. The Labute approximate surface area is 202 Å². The largest absolute Gasteiger partial charge is 0.488 e. The summed E-state index contributed by atoms with van der Waals surface area (Å²) in [6.45, 7) is 1.86. The van der Waals surface area contributed by atoms with E-state index < -0.39 is 27.0 Å². The van der Waals surface area contributed by atoms with E-state index in [4.69, 9.17) is 27.9 Å². The van der Waals surface area contributed by atoms with Gasteiger partial charge in [0.15, 0.2) is 0 Å². The Morgan fingerprint density at radius 1 is 1.06 bits per heavy atom. The van der Waals surface area contributed by atoms with Gasteiger partial charge in [-0.2, -0.15) is 0 Å². The van der Waals surface area contributed by atoms with Gasteiger partial charge in [0, 0.05) is 29.7 Å². The topological polar surface area (TPSA) is 75.7 Å². The fourth-order valence-corrected chi connectivity index (χ4v) is 5.92. The van der Waals surface area contributed by atoms with Crippen molar-refractivity contribution in [3.63, 3.8) is 0 Å². The van der Waals surface area contributed by atoms with Gasteiger partial charge in [-0.1, -0.05) is 23.2 Å². The van der Waals surface area contributed by atoms with Crippen molar-refractivity contribution in [1.29, 1.82) is 0 Å². The lowest BCUT2D eigenvalue weighted by Crippen LogP contribution is -2.53. The van der Waals surface area contributed by atoms with Crippen LogP contribution in [0.25, 0.3) is 0 Å². The average molecular weight is 513 g/mol. The molecule has 2 aromatic rings. The molecule has 0 aromatic heterocycles. The molecule has 2 aliphatic carbocycles. The first-order valence-corrected chi connectivity index (χ1v) is 13.2. The lowest BCUT2D eigenvalue weighted by molar-refractivity contribution is 0.0144. The number of halogens is 3. The fraction of sp³-hybridized carbons (Fsp3) is 0.435. The molecule has 3 aliphatic rings. The number of ether oxygens (including phenoxy) is 1. The number of benzene rings is 2. The highest BCUT2D eigenvalue weighted by Gasteiger charge is 2.38. The van der Waals surface area contributed by atoms with Crippen molar-refractivity contribution in [1.82, 2.24) is 9.62 Å². The number of likely N-dealkylation sites (tertiary alicyclic amines) is 1. The molecular weight excluding hydrogens is 490 g/mol. The van der Waals surface area contributed by atoms with Gasteiger partial charge in [-0.15, -0.1) is 0 Å². The summed E-state index contributed by atoms with van der Waals surface area (Å²) in [6.07, 6.45) is 2.99. The summed E-state index contributed by atoms with van der Waals surface area (Å²) >= 11 is 12.0. The maximum Gasteiger partial charge on any atom is 0.267 e. The predicted octanol–water partition coefficient (Wildman–Crippen LogP) is 4.50. The van der Waals surface area contributed by atoms with Gasteiger partial charge in [-0.05, 0) is 73.1 Å². The molecular formula is C23H23Cl2FN2O4S. The number of nitrogens with zero attached hydrogens (tertiary/aromatic N) is 1. The van der Waals surface area contributed by atoms with Crippen LogP contribution in [0.3, 0.4) is 0 Å². The second-order valence-electron chi connectivity index (χ2n) is 9.02. The van der Waals surface area contributed by atoms with Crippen molar-refractivity contribution in [2.24, 2.45) is 0 Å². The van der Waals surface area contributed by atoms with E-state index in [1.54, 1.807) is 18.2 Å². The standard InChI is InChI=1S/C23H23Cl2FN2O4S/c24-15-6-16(25)8-17(7-15)32-18-11-28(12-18)10-14-5-22(26)21(9-20(14)13-1-2-13)23(29)27-33(30,31)19-3-4-19/h5-9,13,18-19H,1-4,10-12H2,(H,27,29). The summed E-state index contributed by atoms with van der Waals surface area (Å²) in [7, 11) is -3.73. The number of amides is 1. The van der Waals surface area contributed by atoms with Crippen molar-refractivity contribution in [3.8, 4) is 5.75 Å². The quantitative estimate of drug-likeness (QED) is 0.563. The molecule has 33 heavy (non-hydrogen) atoms. The Morgan fingerprint density at radius 3 is 2.33 bits per heavy atom. The minimum Gasteiger partial charge on any atom is -0.488 e. The smallest absolute Gasteiger partial charge is 0.267 e. The fourth-order valence-electron chi connectivity index (χ4n) is 4.12. The molecule has 0 spiro atoms. The van der Waals surface area contributed by atoms with Gasteiger partial charge in [-0.25, -0.2) is 17.5 Å². The maximum absolute atomic E-state index is 14.8. The molecule has 0 bridgehead atoms. The first-order chi connectivity index (χ1) is 15.7. The van der Waals surface area contributed by atoms with Crippen molar-refractivity contribution in [3.05, 3.63) is 62.9 Å². The van der Waals surface area contributed by atoms with Gasteiger partial charge in [0.25, 0.3) is 5.91 Å². The molecule has 6 nitrogen and oxygen atoms in total. The third-order valence-electron chi connectivity index (χ3n) is 6.15. The highest BCUT2D eigenvalue weighted by molar-refractivity contribution is 7.91. The summed E-state index contributed by atoms with van der Waals surface area (Å²) < 4.78 is 47.0. The number of sulfonamides is 1. The molecule has 1 saturated heterocycles. The van der Waals surface area contributed by atoms with E-state index in [2.05, 4.69) is 4.90 Å². The first-order valence-electron chi connectivity index (χ1n) is 10.9. The SMILES string of the molecule is O=C(NS(=O)(=O)C1CC1)c1cc(C2CC2)c(CN2CC(Oc3cc(Cl)cc(Cl)c3)C2)cc1F. The van der Waals surface area contributed by atoms with E-state index in [1.165, 1.54) is 12.1 Å². The number of nitrogens with one attached hydrogen (secondary N) is 1. The molecule has 1 aliphatic heterocycles. The molecule has 3 fully saturated rings. The van der Waals surface area contributed by atoms with Crippen molar-refractivity contribution < 1.29 is 22.3 Å². The van der Waals surface area contributed by atoms with Crippen molar-refractivity contribution >= 4 is 39.1 Å². The third-order valence-corrected chi connectivity index (χ3v) is 8.40. The zero-order chi connectivity index (χ0) is 23.3. The third kappa shape index (κ3) is 5.29. The molecule has 1 N–H and O–H groups in total. The van der Waals surface area contributed by atoms with Crippen LogP contribution in [0, 0.1) is 5.82 Å². The zero-order valence-corrected chi connectivity index (χ0v) is 20.0. The average Bonchev–Trinajstić information content (AvgIpc) is 3.58. The monoisotopic (exact) mass is 512 g/mol. The number of carbonyl (C=O) groups excluding carboxylic acids is 1. The van der Waals surface area contributed by atoms with E-state index in [0.29, 0.717) is 48.3 Å². The highest BCUT2D eigenvalue weighted by atomic mass is 35.5. The lowest BCUT2D eigenvalue weighted by Gasteiger charge is -2.39. The number of hydrogen-bond donors (Lipinski definition) is 1. The molecule has 2 saturated carbocycles. The van der Waals surface area contributed by atoms with Gasteiger partial charge in [0.05, 0.1) is 10.8 Å². The summed E-state index contributed by atoms with van der Waals surface area (Å²) in [5.41, 5.74) is 1.52. The number of carbonyl (C=O) groups is 1. The first kappa shape index (κ1) is 22.9. The van der Waals surface area contributed by atoms with Crippen LogP contribution in [0.2, 0.25) is 10.0 Å². The molecule has 0 unspecified atom stereocenters. The molecule has 0 radical (unpaired) electrons. The van der Waals surface area contributed by atoms with Gasteiger partial charge in [0.2, 0.25) is 10.0 Å². The van der Waals surface area contributed by atoms with Crippen LogP contribution in [-0.4, -0.2) is 43.7 Å². The van der Waals surface area contributed by atoms with E-state index in [0.717, 1.165) is 24.0 Å². The van der Waals surface area contributed by atoms with Gasteiger partial charge in [-0.3, -0.25) is 9.69 Å². The normalized spacial score (nSPS) is 19.2. The van der Waals surface area contributed by atoms with E-state index in [9.17, 15) is 17.6 Å². The Morgan fingerprint density at radius 2 is 1.73 bits per heavy atom. The molecule has 1 amide bonds. The Bertz CT molecular complexity index is 1190. The molecule has 176 valence electrons. The summed E-state index contributed by atoms with van der Waals surface area (Å²) in [5.74, 6) is -0.724. The van der Waals surface area contributed by atoms with Crippen LogP contribution in [-0.2, 0) is 16.6 Å². The second-order valence-corrected chi connectivity index (χ2v) is 11.9. The van der Waals surface area contributed by atoms with Crippen LogP contribution in [0.4, 0.5) is 4.39 Å². The van der Waals surface area contributed by atoms with Crippen LogP contribution >= 0.6 is 23.2 Å². The van der Waals surface area contributed by atoms with Crippen LogP contribution in [0.1, 0.15) is 53.1 Å². The molecule has 1 heterocycles. The van der Waals surface area contributed by atoms with Gasteiger partial charge in [0.1, 0.15) is 17.7 Å². The summed E-state index contributed by atoms with van der Waals surface area (Å²) in [6, 6.07) is 7.97. The predicted molar refractivity (Wildman–Crippen MR) is 124 cm³/mol. The van der Waals surface area contributed by atoms with E-state index >= 15 is 0 Å². The van der Waals surface area contributed by atoms with Crippen molar-refractivity contribution in [2.45, 2.75) is 49.5 Å². The number of rotatable bonds is 8. The van der Waals surface area contributed by atoms with Crippen LogP contribution in [0.5, 0.6) is 5.75 Å². The molecule has 2 aromatic carbocycles. The van der Waals surface area contributed by atoms with Gasteiger partial charge >= 0.3 is 0 Å². The van der Waals surface area contributed by atoms with E-state index in [1.807, 2.05) is 4.72 Å². The molecule has 10 heteroatoms. The minimum atomic E-state index is -3.73.